The molecule has 11 nitrogen and oxygen atoms in total. The Bertz CT molecular complexity index is 980. The van der Waals surface area contributed by atoms with E-state index in [1.54, 1.807) is 6.07 Å². The molecule has 0 fully saturated rings. The maximum atomic E-state index is 12.6. The van der Waals surface area contributed by atoms with Gasteiger partial charge in [0.25, 0.3) is 0 Å². The molecule has 0 aromatic heterocycles. The van der Waals surface area contributed by atoms with Crippen molar-refractivity contribution in [1.82, 2.24) is 0 Å². The molecule has 0 bridgehead atoms. The fraction of sp³-hybridized carbons (Fsp3) is 0.655. The molecule has 11 heteroatoms. The Balaban J connectivity index is 3.15. The van der Waals surface area contributed by atoms with Gasteiger partial charge in [0.15, 0.2) is 11.5 Å². The summed E-state index contributed by atoms with van der Waals surface area (Å²) in [4.78, 5) is 49.2. The van der Waals surface area contributed by atoms with E-state index in [9.17, 15) is 19.2 Å². The van der Waals surface area contributed by atoms with E-state index in [1.807, 2.05) is 41.5 Å². The summed E-state index contributed by atoms with van der Waals surface area (Å²) in [6, 6.07) is 4.37. The first-order valence-corrected chi connectivity index (χ1v) is 13.7. The Morgan fingerprint density at radius 2 is 1.40 bits per heavy atom. The number of rotatable bonds is 16. The number of carbonyl (C=O) groups is 4. The molecule has 1 rings (SSSR count). The van der Waals surface area contributed by atoms with Gasteiger partial charge in [0, 0.05) is 19.3 Å². The molecule has 0 saturated carbocycles. The highest BCUT2D eigenvalue weighted by Gasteiger charge is 2.36. The van der Waals surface area contributed by atoms with E-state index in [4.69, 9.17) is 34.2 Å². The van der Waals surface area contributed by atoms with Crippen LogP contribution < -0.4 is 15.2 Å². The van der Waals surface area contributed by atoms with Crippen molar-refractivity contribution in [2.24, 2.45) is 23.5 Å². The Kier molecular flexibility index (Phi) is 15.1. The molecule has 226 valence electrons. The molecule has 0 amide bonds. The summed E-state index contributed by atoms with van der Waals surface area (Å²) in [7, 11) is 1.21. The molecular formula is C29H45NO10. The number of nitrogens with two attached hydrogens (primary N) is 1. The molecule has 0 aliphatic rings. The van der Waals surface area contributed by atoms with Crippen LogP contribution in [0.1, 0.15) is 72.8 Å². The molecule has 1 aromatic rings. The third-order valence-corrected chi connectivity index (χ3v) is 6.26. The lowest BCUT2D eigenvalue weighted by atomic mass is 9.88. The fourth-order valence-corrected chi connectivity index (χ4v) is 3.29. The smallest absolute Gasteiger partial charge is 0.468 e. The van der Waals surface area contributed by atoms with E-state index in [-0.39, 0.29) is 68.3 Å². The van der Waals surface area contributed by atoms with Crippen LogP contribution in [-0.4, -0.2) is 56.7 Å². The largest absolute Gasteiger partial charge is 0.513 e. The highest BCUT2D eigenvalue weighted by Crippen LogP contribution is 2.31. The van der Waals surface area contributed by atoms with E-state index in [1.165, 1.54) is 19.2 Å². The molecule has 0 radical (unpaired) electrons. The summed E-state index contributed by atoms with van der Waals surface area (Å²) >= 11 is 0. The normalized spacial score (nSPS) is 13.9. The lowest BCUT2D eigenvalue weighted by molar-refractivity contribution is -0.151. The van der Waals surface area contributed by atoms with Crippen molar-refractivity contribution >= 4 is 24.2 Å². The van der Waals surface area contributed by atoms with E-state index in [0.717, 1.165) is 12.8 Å². The maximum absolute atomic E-state index is 12.6. The van der Waals surface area contributed by atoms with Crippen molar-refractivity contribution < 1.29 is 47.6 Å². The van der Waals surface area contributed by atoms with Crippen LogP contribution in [0.3, 0.4) is 0 Å². The van der Waals surface area contributed by atoms with Crippen LogP contribution in [0.2, 0.25) is 0 Å². The van der Waals surface area contributed by atoms with Crippen molar-refractivity contribution in [3.8, 4) is 11.5 Å². The van der Waals surface area contributed by atoms with Crippen molar-refractivity contribution in [2.45, 2.75) is 79.2 Å². The lowest BCUT2D eigenvalue weighted by Crippen LogP contribution is -2.51. The average molecular weight is 568 g/mol. The van der Waals surface area contributed by atoms with E-state index in [2.05, 4.69) is 0 Å². The van der Waals surface area contributed by atoms with Crippen LogP contribution in [0.5, 0.6) is 11.5 Å². The maximum Gasteiger partial charge on any atom is 0.513 e. The van der Waals surface area contributed by atoms with Gasteiger partial charge >= 0.3 is 24.2 Å². The SMILES string of the molecule is CCC(C)COC(=O)Oc1ccc(C[C@](N)(CCOC(=O)CC(C)C)C(=O)OC)cc1OC(=O)OCC(C)CC. The Labute approximate surface area is 236 Å². The molecule has 0 spiro atoms. The number of hydrogen-bond acceptors (Lipinski definition) is 11. The standard InChI is InChI=1S/C29H45NO10/c1-8-20(5)17-37-27(33)39-23-11-10-22(15-24(23)40-28(34)38-18-21(6)9-2)16-29(30,26(32)35-7)12-13-36-25(31)14-19(3)4/h10-11,15,19-21H,8-9,12-14,16-18,30H2,1-7H3/t20?,21?,29-/m1/s1. The second-order valence-corrected chi connectivity index (χ2v) is 10.5. The van der Waals surface area contributed by atoms with Crippen LogP contribution in [0.25, 0.3) is 0 Å². The molecule has 0 aliphatic carbocycles. The van der Waals surface area contributed by atoms with Crippen molar-refractivity contribution in [3.63, 3.8) is 0 Å². The van der Waals surface area contributed by atoms with Gasteiger partial charge in [-0.05, 0) is 35.4 Å². The lowest BCUT2D eigenvalue weighted by Gasteiger charge is -2.27. The first-order chi connectivity index (χ1) is 18.8. The number of ether oxygens (including phenoxy) is 6. The minimum Gasteiger partial charge on any atom is -0.468 e. The summed E-state index contributed by atoms with van der Waals surface area (Å²) in [6.07, 6.45) is -0.162. The Morgan fingerprint density at radius 3 is 1.90 bits per heavy atom. The Morgan fingerprint density at radius 1 is 0.850 bits per heavy atom. The third kappa shape index (κ3) is 12.7. The van der Waals surface area contributed by atoms with Crippen LogP contribution in [-0.2, 0) is 35.0 Å². The van der Waals surface area contributed by atoms with Gasteiger partial charge in [0.1, 0.15) is 5.54 Å². The summed E-state index contributed by atoms with van der Waals surface area (Å²) in [5.41, 5.74) is 5.32. The second-order valence-electron chi connectivity index (χ2n) is 10.5. The van der Waals surface area contributed by atoms with Crippen molar-refractivity contribution in [1.29, 1.82) is 0 Å². The van der Waals surface area contributed by atoms with Gasteiger partial charge in [0.05, 0.1) is 26.9 Å². The zero-order valence-electron chi connectivity index (χ0n) is 24.8. The highest BCUT2D eigenvalue weighted by atomic mass is 16.7. The summed E-state index contributed by atoms with van der Waals surface area (Å²) < 4.78 is 31.1. The molecular weight excluding hydrogens is 522 g/mol. The van der Waals surface area contributed by atoms with E-state index in [0.29, 0.717) is 5.56 Å². The molecule has 0 saturated heterocycles. The molecule has 2 unspecified atom stereocenters. The van der Waals surface area contributed by atoms with Crippen molar-refractivity contribution in [3.05, 3.63) is 23.8 Å². The molecule has 40 heavy (non-hydrogen) atoms. The van der Waals surface area contributed by atoms with Crippen LogP contribution in [0, 0.1) is 17.8 Å². The minimum atomic E-state index is -1.56. The number of carbonyl (C=O) groups excluding carboxylic acids is 4. The summed E-state index contributed by atoms with van der Waals surface area (Å²) in [6.45, 7) is 11.8. The van der Waals surface area contributed by atoms with Crippen LogP contribution in [0.15, 0.2) is 18.2 Å². The number of benzene rings is 1. The second kappa shape index (κ2) is 17.4. The van der Waals surface area contributed by atoms with Gasteiger partial charge in [-0.15, -0.1) is 0 Å². The zero-order chi connectivity index (χ0) is 30.3. The van der Waals surface area contributed by atoms with Crippen molar-refractivity contribution in [2.75, 3.05) is 26.9 Å². The van der Waals surface area contributed by atoms with E-state index >= 15 is 0 Å². The first kappa shape index (κ1) is 34.7. The average Bonchev–Trinajstić information content (AvgIpc) is 2.90. The number of esters is 2. The fourth-order valence-electron chi connectivity index (χ4n) is 3.29. The minimum absolute atomic E-state index is 0.0170. The molecule has 0 aliphatic heterocycles. The van der Waals surface area contributed by atoms with Crippen LogP contribution in [0.4, 0.5) is 9.59 Å². The molecule has 0 heterocycles. The zero-order valence-corrected chi connectivity index (χ0v) is 24.8. The van der Waals surface area contributed by atoms with Gasteiger partial charge in [-0.3, -0.25) is 9.59 Å². The summed E-state index contributed by atoms with van der Waals surface area (Å²) in [5.74, 6) is -0.921. The van der Waals surface area contributed by atoms with Gasteiger partial charge in [-0.2, -0.15) is 0 Å². The first-order valence-electron chi connectivity index (χ1n) is 13.7. The predicted molar refractivity (Wildman–Crippen MR) is 147 cm³/mol. The molecule has 3 atom stereocenters. The summed E-state index contributed by atoms with van der Waals surface area (Å²) in [5, 5.41) is 0. The Hall–Kier alpha value is -3.34. The third-order valence-electron chi connectivity index (χ3n) is 6.26. The van der Waals surface area contributed by atoms with Gasteiger partial charge < -0.3 is 34.2 Å². The monoisotopic (exact) mass is 567 g/mol. The van der Waals surface area contributed by atoms with Gasteiger partial charge in [-0.1, -0.05) is 60.5 Å². The van der Waals surface area contributed by atoms with Crippen LogP contribution >= 0.6 is 0 Å². The van der Waals surface area contributed by atoms with Gasteiger partial charge in [0.2, 0.25) is 0 Å². The number of methoxy groups -OCH3 is 1. The highest BCUT2D eigenvalue weighted by molar-refractivity contribution is 5.81. The molecule has 1 aromatic carbocycles. The topological polar surface area (TPSA) is 150 Å². The quantitative estimate of drug-likeness (QED) is 0.159. The van der Waals surface area contributed by atoms with Gasteiger partial charge in [-0.25, -0.2) is 9.59 Å². The van der Waals surface area contributed by atoms with E-state index < -0.39 is 29.8 Å². The predicted octanol–water partition coefficient (Wildman–Crippen LogP) is 5.20. The molecule has 2 N–H and O–H groups in total. The number of hydrogen-bond donors (Lipinski definition) is 1.